The number of hydrogen-bond acceptors (Lipinski definition) is 5. The number of nitrogens with one attached hydrogen (secondary N) is 2. The minimum absolute atomic E-state index is 0.0399. The SMILES string of the molecule is COC(=O)Cn1ccc(NC(=O)C2CC3CCCCC3N2)n1. The number of nitrogens with zero attached hydrogens (tertiary/aromatic N) is 2. The minimum Gasteiger partial charge on any atom is -0.468 e. The normalized spacial score (nSPS) is 27.2. The van der Waals surface area contributed by atoms with Crippen molar-refractivity contribution >= 4 is 17.7 Å². The van der Waals surface area contributed by atoms with E-state index in [0.29, 0.717) is 17.8 Å². The highest BCUT2D eigenvalue weighted by atomic mass is 16.5. The Hall–Kier alpha value is -1.89. The molecule has 3 rings (SSSR count). The Labute approximate surface area is 129 Å². The summed E-state index contributed by atoms with van der Waals surface area (Å²) in [6.45, 7) is 0.0399. The van der Waals surface area contributed by atoms with E-state index in [9.17, 15) is 9.59 Å². The van der Waals surface area contributed by atoms with Gasteiger partial charge in [0, 0.05) is 18.3 Å². The van der Waals surface area contributed by atoms with Gasteiger partial charge >= 0.3 is 5.97 Å². The van der Waals surface area contributed by atoms with Gasteiger partial charge in [-0.3, -0.25) is 14.3 Å². The van der Waals surface area contributed by atoms with Crippen molar-refractivity contribution in [2.24, 2.45) is 5.92 Å². The summed E-state index contributed by atoms with van der Waals surface area (Å²) in [4.78, 5) is 23.5. The van der Waals surface area contributed by atoms with Crippen LogP contribution in [0.1, 0.15) is 32.1 Å². The van der Waals surface area contributed by atoms with Crippen LogP contribution in [0.5, 0.6) is 0 Å². The van der Waals surface area contributed by atoms with Crippen LogP contribution in [0.25, 0.3) is 0 Å². The van der Waals surface area contributed by atoms with Gasteiger partial charge in [0.15, 0.2) is 5.82 Å². The molecule has 1 aliphatic carbocycles. The lowest BCUT2D eigenvalue weighted by Gasteiger charge is -2.24. The Morgan fingerprint density at radius 2 is 2.27 bits per heavy atom. The molecular formula is C15H22N4O3. The Bertz CT molecular complexity index is 543. The summed E-state index contributed by atoms with van der Waals surface area (Å²) in [5.74, 6) is 0.673. The van der Waals surface area contributed by atoms with Crippen LogP contribution in [0.2, 0.25) is 0 Å². The summed E-state index contributed by atoms with van der Waals surface area (Å²) in [6.07, 6.45) is 7.46. The molecule has 0 bridgehead atoms. The fraction of sp³-hybridized carbons (Fsp3) is 0.667. The first-order chi connectivity index (χ1) is 10.7. The van der Waals surface area contributed by atoms with Crippen molar-refractivity contribution in [3.05, 3.63) is 12.3 Å². The summed E-state index contributed by atoms with van der Waals surface area (Å²) in [5.41, 5.74) is 0. The highest BCUT2D eigenvalue weighted by molar-refractivity contribution is 5.94. The number of aromatic nitrogens is 2. The summed E-state index contributed by atoms with van der Waals surface area (Å²) in [5, 5.41) is 10.4. The van der Waals surface area contributed by atoms with Crippen LogP contribution in [0.4, 0.5) is 5.82 Å². The second kappa shape index (κ2) is 6.48. The van der Waals surface area contributed by atoms with Crippen LogP contribution in [-0.4, -0.2) is 40.9 Å². The van der Waals surface area contributed by atoms with E-state index in [0.717, 1.165) is 6.42 Å². The smallest absolute Gasteiger partial charge is 0.327 e. The van der Waals surface area contributed by atoms with Crippen molar-refractivity contribution < 1.29 is 14.3 Å². The third-order valence-electron chi connectivity index (χ3n) is 4.59. The number of methoxy groups -OCH3 is 1. The Kier molecular flexibility index (Phi) is 4.42. The van der Waals surface area contributed by atoms with E-state index in [4.69, 9.17) is 0 Å². The fourth-order valence-electron chi connectivity index (χ4n) is 3.45. The van der Waals surface area contributed by atoms with Gasteiger partial charge in [-0.1, -0.05) is 12.8 Å². The second-order valence-electron chi connectivity index (χ2n) is 6.07. The number of carbonyl (C=O) groups excluding carboxylic acids is 2. The van der Waals surface area contributed by atoms with Crippen LogP contribution >= 0.6 is 0 Å². The van der Waals surface area contributed by atoms with E-state index in [1.165, 1.54) is 37.5 Å². The molecule has 2 fully saturated rings. The van der Waals surface area contributed by atoms with Gasteiger partial charge in [0.1, 0.15) is 6.54 Å². The number of ether oxygens (including phenoxy) is 1. The molecular weight excluding hydrogens is 284 g/mol. The molecule has 3 atom stereocenters. The summed E-state index contributed by atoms with van der Waals surface area (Å²) >= 11 is 0. The predicted octanol–water partition coefficient (Wildman–Crippen LogP) is 0.915. The molecule has 7 nitrogen and oxygen atoms in total. The van der Waals surface area contributed by atoms with E-state index in [1.54, 1.807) is 12.3 Å². The van der Waals surface area contributed by atoms with Crippen molar-refractivity contribution in [2.75, 3.05) is 12.4 Å². The average molecular weight is 306 g/mol. The maximum absolute atomic E-state index is 12.3. The summed E-state index contributed by atoms with van der Waals surface area (Å²) < 4.78 is 6.03. The van der Waals surface area contributed by atoms with Crippen molar-refractivity contribution in [2.45, 2.75) is 50.7 Å². The Morgan fingerprint density at radius 3 is 3.05 bits per heavy atom. The van der Waals surface area contributed by atoms with Crippen LogP contribution in [-0.2, 0) is 20.9 Å². The topological polar surface area (TPSA) is 85.2 Å². The van der Waals surface area contributed by atoms with Crippen LogP contribution in [0, 0.1) is 5.92 Å². The molecule has 0 spiro atoms. The zero-order valence-corrected chi connectivity index (χ0v) is 12.7. The molecule has 1 saturated carbocycles. The van der Waals surface area contributed by atoms with Crippen molar-refractivity contribution in [3.8, 4) is 0 Å². The van der Waals surface area contributed by atoms with Crippen molar-refractivity contribution in [3.63, 3.8) is 0 Å². The molecule has 2 aliphatic rings. The first kappa shape index (κ1) is 15.0. The van der Waals surface area contributed by atoms with Crippen LogP contribution in [0.15, 0.2) is 12.3 Å². The van der Waals surface area contributed by atoms with E-state index in [1.807, 2.05) is 0 Å². The average Bonchev–Trinajstić information content (AvgIpc) is 3.13. The maximum atomic E-state index is 12.3. The molecule has 1 aliphatic heterocycles. The van der Waals surface area contributed by atoms with Gasteiger partial charge in [-0.15, -0.1) is 0 Å². The third kappa shape index (κ3) is 3.30. The van der Waals surface area contributed by atoms with E-state index in [2.05, 4.69) is 20.5 Å². The molecule has 1 amide bonds. The van der Waals surface area contributed by atoms with Crippen molar-refractivity contribution in [1.82, 2.24) is 15.1 Å². The molecule has 1 aromatic rings. The first-order valence-corrected chi connectivity index (χ1v) is 7.83. The molecule has 0 aromatic carbocycles. The third-order valence-corrected chi connectivity index (χ3v) is 4.59. The molecule has 1 saturated heterocycles. The van der Waals surface area contributed by atoms with Gasteiger partial charge < -0.3 is 15.4 Å². The van der Waals surface area contributed by atoms with Crippen molar-refractivity contribution in [1.29, 1.82) is 0 Å². The first-order valence-electron chi connectivity index (χ1n) is 7.83. The number of anilines is 1. The number of carbonyl (C=O) groups is 2. The van der Waals surface area contributed by atoms with Gasteiger partial charge in [-0.25, -0.2) is 0 Å². The lowest BCUT2D eigenvalue weighted by atomic mass is 9.85. The molecule has 3 unspecified atom stereocenters. The second-order valence-corrected chi connectivity index (χ2v) is 6.07. The lowest BCUT2D eigenvalue weighted by Crippen LogP contribution is -2.40. The minimum atomic E-state index is -0.373. The molecule has 2 N–H and O–H groups in total. The summed E-state index contributed by atoms with van der Waals surface area (Å²) in [6, 6.07) is 2.03. The zero-order valence-electron chi connectivity index (χ0n) is 12.7. The zero-order chi connectivity index (χ0) is 15.5. The van der Waals surface area contributed by atoms with Crippen LogP contribution in [0.3, 0.4) is 0 Å². The number of esters is 1. The molecule has 7 heteroatoms. The fourth-order valence-corrected chi connectivity index (χ4v) is 3.45. The maximum Gasteiger partial charge on any atom is 0.327 e. The van der Waals surface area contributed by atoms with E-state index >= 15 is 0 Å². The van der Waals surface area contributed by atoms with E-state index in [-0.39, 0.29) is 24.5 Å². The summed E-state index contributed by atoms with van der Waals surface area (Å²) in [7, 11) is 1.33. The van der Waals surface area contributed by atoms with E-state index < -0.39 is 0 Å². The highest BCUT2D eigenvalue weighted by Crippen LogP contribution is 2.33. The predicted molar refractivity (Wildman–Crippen MR) is 80.2 cm³/mol. The number of amides is 1. The monoisotopic (exact) mass is 306 g/mol. The van der Waals surface area contributed by atoms with Gasteiger partial charge in [-0.05, 0) is 25.2 Å². The number of rotatable bonds is 4. The van der Waals surface area contributed by atoms with Gasteiger partial charge in [0.05, 0.1) is 13.2 Å². The highest BCUT2D eigenvalue weighted by Gasteiger charge is 2.38. The largest absolute Gasteiger partial charge is 0.468 e. The Balaban J connectivity index is 1.54. The number of fused-ring (bicyclic) bond motifs is 1. The van der Waals surface area contributed by atoms with Gasteiger partial charge in [0.2, 0.25) is 5.91 Å². The Morgan fingerprint density at radius 1 is 1.45 bits per heavy atom. The molecule has 2 heterocycles. The van der Waals surface area contributed by atoms with Gasteiger partial charge in [0.25, 0.3) is 0 Å². The quantitative estimate of drug-likeness (QED) is 0.808. The molecule has 0 radical (unpaired) electrons. The molecule has 22 heavy (non-hydrogen) atoms. The van der Waals surface area contributed by atoms with Gasteiger partial charge in [-0.2, -0.15) is 5.10 Å². The molecule has 1 aromatic heterocycles. The lowest BCUT2D eigenvalue weighted by molar-refractivity contribution is -0.141. The number of hydrogen-bond donors (Lipinski definition) is 2. The molecule has 120 valence electrons. The standard InChI is InChI=1S/C15H22N4O3/c1-22-14(20)9-19-7-6-13(18-19)17-15(21)12-8-10-4-2-3-5-11(10)16-12/h6-7,10-12,16H,2-5,8-9H2,1H3,(H,17,18,21). The van der Waals surface area contributed by atoms with Crippen LogP contribution < -0.4 is 10.6 Å².